The molecule has 0 aliphatic rings. The molecular weight excluding hydrogens is 346 g/mol. The molecule has 0 bridgehead atoms. The molecule has 0 aromatic heterocycles. The fraction of sp³-hybridized carbons (Fsp3) is 0.235. The van der Waals surface area contributed by atoms with Gasteiger partial charge in [-0.15, -0.1) is 0 Å². The quantitative estimate of drug-likeness (QED) is 0.377. The van der Waals surface area contributed by atoms with Crippen molar-refractivity contribution < 1.29 is 20.1 Å². The van der Waals surface area contributed by atoms with Gasteiger partial charge in [0.05, 0.1) is 11.5 Å². The Bertz CT molecular complexity index is 740. The highest BCUT2D eigenvalue weighted by atomic mass is 35.5. The number of aliphatic hydroxyl groups excluding tert-OH is 1. The predicted molar refractivity (Wildman–Crippen MR) is 94.4 cm³/mol. The van der Waals surface area contributed by atoms with Gasteiger partial charge in [-0.25, -0.2) is 0 Å². The minimum absolute atomic E-state index is 0.0112. The van der Waals surface area contributed by atoms with E-state index in [4.69, 9.17) is 16.7 Å². The van der Waals surface area contributed by atoms with Crippen LogP contribution >= 0.6 is 11.6 Å². The van der Waals surface area contributed by atoms with Gasteiger partial charge in [0.1, 0.15) is 5.02 Å². The smallest absolute Gasteiger partial charge is 0.289 e. The lowest BCUT2D eigenvalue weighted by atomic mass is 10.1. The Morgan fingerprint density at radius 1 is 1.28 bits per heavy atom. The third kappa shape index (κ3) is 5.25. The Hall–Kier alpha value is -2.48. The number of nitrogens with zero attached hydrogens (tertiary/aromatic N) is 1. The Kier molecular flexibility index (Phi) is 6.88. The summed E-state index contributed by atoms with van der Waals surface area (Å²) in [6.45, 7) is 0.618. The minimum Gasteiger partial charge on any atom is -0.396 e. The summed E-state index contributed by atoms with van der Waals surface area (Å²) in [5.74, 6) is -0.305. The Labute approximate surface area is 149 Å². The summed E-state index contributed by atoms with van der Waals surface area (Å²) >= 11 is 5.79. The lowest BCUT2D eigenvalue weighted by molar-refractivity contribution is -0.682. The third-order valence-corrected chi connectivity index (χ3v) is 3.94. The predicted octanol–water partition coefficient (Wildman–Crippen LogP) is 1.87. The van der Waals surface area contributed by atoms with E-state index in [0.29, 0.717) is 18.7 Å². The number of nitro groups is 1. The fourth-order valence-electron chi connectivity index (χ4n) is 2.38. The highest BCUT2D eigenvalue weighted by Gasteiger charge is 2.24. The number of amides is 1. The molecule has 7 nitrogen and oxygen atoms in total. The lowest BCUT2D eigenvalue weighted by Crippen LogP contribution is -2.87. The van der Waals surface area contributed by atoms with Gasteiger partial charge in [0.25, 0.3) is 11.6 Å². The summed E-state index contributed by atoms with van der Waals surface area (Å²) < 4.78 is 0. The number of nitrogens with one attached hydrogen (secondary N) is 1. The number of benzene rings is 2. The number of anilines is 1. The molecule has 0 radical (unpaired) electrons. The molecule has 25 heavy (non-hydrogen) atoms. The number of hydrogen-bond acceptors (Lipinski definition) is 4. The van der Waals surface area contributed by atoms with Crippen molar-refractivity contribution in [1.82, 2.24) is 0 Å². The zero-order valence-electron chi connectivity index (χ0n) is 13.4. The van der Waals surface area contributed by atoms with E-state index in [0.717, 1.165) is 5.56 Å². The fourth-order valence-corrected chi connectivity index (χ4v) is 2.57. The van der Waals surface area contributed by atoms with Gasteiger partial charge in [0.15, 0.2) is 6.04 Å². The van der Waals surface area contributed by atoms with Crippen LogP contribution in [0.1, 0.15) is 18.0 Å². The molecule has 0 saturated heterocycles. The number of nitrogens with two attached hydrogens (primary N) is 1. The molecule has 2 aromatic carbocycles. The first-order valence-corrected chi connectivity index (χ1v) is 8.14. The number of nitro benzene ring substituents is 1. The van der Waals surface area contributed by atoms with Crippen LogP contribution in [0.15, 0.2) is 48.5 Å². The van der Waals surface area contributed by atoms with Crippen molar-refractivity contribution in [1.29, 1.82) is 0 Å². The van der Waals surface area contributed by atoms with E-state index in [1.165, 1.54) is 18.2 Å². The maximum absolute atomic E-state index is 12.7. The largest absolute Gasteiger partial charge is 0.396 e. The summed E-state index contributed by atoms with van der Waals surface area (Å²) in [6, 6.07) is 12.8. The first kappa shape index (κ1) is 18.9. The van der Waals surface area contributed by atoms with E-state index >= 15 is 0 Å². The molecule has 2 rings (SSSR count). The molecule has 0 aliphatic heterocycles. The van der Waals surface area contributed by atoms with Crippen LogP contribution in [-0.2, 0) is 4.79 Å². The van der Waals surface area contributed by atoms with E-state index in [-0.39, 0.29) is 23.2 Å². The Morgan fingerprint density at radius 2 is 2.00 bits per heavy atom. The van der Waals surface area contributed by atoms with Gasteiger partial charge in [-0.2, -0.15) is 0 Å². The second-order valence-corrected chi connectivity index (χ2v) is 5.81. The zero-order valence-corrected chi connectivity index (χ0v) is 14.1. The van der Waals surface area contributed by atoms with Gasteiger partial charge in [0.2, 0.25) is 0 Å². The Balaban J connectivity index is 2.19. The van der Waals surface area contributed by atoms with Gasteiger partial charge in [0, 0.05) is 30.3 Å². The van der Waals surface area contributed by atoms with E-state index in [9.17, 15) is 14.9 Å². The number of halogens is 1. The molecule has 0 unspecified atom stereocenters. The number of quaternary nitrogens is 1. The first-order chi connectivity index (χ1) is 12.0. The third-order valence-electron chi connectivity index (χ3n) is 3.62. The first-order valence-electron chi connectivity index (χ1n) is 7.77. The Morgan fingerprint density at radius 3 is 2.64 bits per heavy atom. The van der Waals surface area contributed by atoms with Crippen LogP contribution in [0, 0.1) is 10.1 Å². The summed E-state index contributed by atoms with van der Waals surface area (Å²) in [7, 11) is 0. The maximum Gasteiger partial charge on any atom is 0.289 e. The van der Waals surface area contributed by atoms with Gasteiger partial charge in [-0.3, -0.25) is 14.9 Å². The molecular formula is C17H19ClN3O4+. The molecule has 0 spiro atoms. The average molecular weight is 365 g/mol. The van der Waals surface area contributed by atoms with E-state index < -0.39 is 11.0 Å². The summed E-state index contributed by atoms with van der Waals surface area (Å²) in [4.78, 5) is 23.0. The van der Waals surface area contributed by atoms with E-state index in [1.54, 1.807) is 0 Å². The summed E-state index contributed by atoms with van der Waals surface area (Å²) in [5, 5.41) is 24.4. The van der Waals surface area contributed by atoms with Crippen LogP contribution in [0.2, 0.25) is 5.02 Å². The molecule has 0 fully saturated rings. The van der Waals surface area contributed by atoms with Crippen LogP contribution < -0.4 is 10.6 Å². The number of aliphatic hydroxyl groups is 1. The highest BCUT2D eigenvalue weighted by molar-refractivity contribution is 6.32. The normalized spacial score (nSPS) is 11.8. The highest BCUT2D eigenvalue weighted by Crippen LogP contribution is 2.27. The summed E-state index contributed by atoms with van der Waals surface area (Å²) in [6.07, 6.45) is 0.559. The van der Waals surface area contributed by atoms with Crippen molar-refractivity contribution in [2.75, 3.05) is 18.5 Å². The topological polar surface area (TPSA) is 109 Å². The van der Waals surface area contributed by atoms with Crippen molar-refractivity contribution in [3.05, 3.63) is 69.2 Å². The van der Waals surface area contributed by atoms with E-state index in [1.807, 2.05) is 35.6 Å². The number of hydrogen-bond donors (Lipinski definition) is 3. The van der Waals surface area contributed by atoms with Crippen LogP contribution in [0.25, 0.3) is 0 Å². The number of carbonyl (C=O) groups excluding carboxylic acids is 1. The zero-order chi connectivity index (χ0) is 18.2. The average Bonchev–Trinajstić information content (AvgIpc) is 2.61. The second kappa shape index (κ2) is 9.12. The van der Waals surface area contributed by atoms with E-state index in [2.05, 4.69) is 5.32 Å². The maximum atomic E-state index is 12.7. The standard InChI is InChI=1S/C17H18ClN3O4/c18-14-8-7-13(11-15(14)21(24)25)20-17(23)16(19-9-4-10-22)12-5-2-1-3-6-12/h1-3,5-8,11,16,19,22H,4,9-10H2,(H,20,23)/p+1/t16-/m0/s1. The van der Waals surface area contributed by atoms with Crippen molar-refractivity contribution in [2.24, 2.45) is 0 Å². The van der Waals surface area contributed by atoms with Crippen LogP contribution in [0.4, 0.5) is 11.4 Å². The van der Waals surface area contributed by atoms with Crippen molar-refractivity contribution in [3.8, 4) is 0 Å². The minimum atomic E-state index is -0.597. The monoisotopic (exact) mass is 364 g/mol. The SMILES string of the molecule is O=C(Nc1ccc(Cl)c([N+](=O)[O-])c1)[C@@H]([NH2+]CCCO)c1ccccc1. The van der Waals surface area contributed by atoms with Crippen molar-refractivity contribution in [3.63, 3.8) is 0 Å². The van der Waals surface area contributed by atoms with Crippen LogP contribution in [-0.4, -0.2) is 29.1 Å². The number of carbonyl (C=O) groups is 1. The van der Waals surface area contributed by atoms with Gasteiger partial charge in [-0.1, -0.05) is 41.9 Å². The van der Waals surface area contributed by atoms with Gasteiger partial charge >= 0.3 is 0 Å². The molecule has 1 atom stereocenters. The van der Waals surface area contributed by atoms with Crippen LogP contribution in [0.3, 0.4) is 0 Å². The molecule has 2 aromatic rings. The lowest BCUT2D eigenvalue weighted by Gasteiger charge is -2.16. The van der Waals surface area contributed by atoms with Crippen molar-refractivity contribution >= 4 is 28.9 Å². The second-order valence-electron chi connectivity index (χ2n) is 5.40. The molecule has 0 aliphatic carbocycles. The van der Waals surface area contributed by atoms with Gasteiger partial charge in [-0.05, 0) is 12.1 Å². The number of rotatable bonds is 8. The molecule has 1 amide bonds. The molecule has 0 heterocycles. The molecule has 4 N–H and O–H groups in total. The van der Waals surface area contributed by atoms with Crippen molar-refractivity contribution in [2.45, 2.75) is 12.5 Å². The van der Waals surface area contributed by atoms with Crippen LogP contribution in [0.5, 0.6) is 0 Å². The summed E-state index contributed by atoms with van der Waals surface area (Å²) in [5.41, 5.74) is 0.846. The molecule has 0 saturated carbocycles. The van der Waals surface area contributed by atoms with Gasteiger partial charge < -0.3 is 15.7 Å². The molecule has 132 valence electrons. The molecule has 8 heteroatoms.